The number of carbonyl (C=O) groups excluding carboxylic acids is 2. The number of aliphatic hydroxyl groups excluding tert-OH is 1. The zero-order valence-electron chi connectivity index (χ0n) is 12.5. The first-order valence-electron chi connectivity index (χ1n) is 7.95. The average Bonchev–Trinajstić information content (AvgIpc) is 2.57. The summed E-state index contributed by atoms with van der Waals surface area (Å²) in [5.41, 5.74) is 1.08. The number of allylic oxidation sites excluding steroid dienone is 3. The Bertz CT molecular complexity index is 667. The maximum absolute atomic E-state index is 12.2. The fourth-order valence-corrected chi connectivity index (χ4v) is 3.31. The Morgan fingerprint density at radius 3 is 2.59 bits per heavy atom. The number of hydrogen-bond donors (Lipinski definition) is 1. The van der Waals surface area contributed by atoms with Gasteiger partial charge in [-0.3, -0.25) is 9.59 Å². The molecule has 0 aliphatic heterocycles. The third-order valence-electron chi connectivity index (χ3n) is 4.55. The van der Waals surface area contributed by atoms with E-state index in [0.717, 1.165) is 19.3 Å². The van der Waals surface area contributed by atoms with Crippen LogP contribution in [0.25, 0.3) is 5.76 Å². The van der Waals surface area contributed by atoms with Crippen LogP contribution < -0.4 is 0 Å². The molecule has 3 heteroatoms. The van der Waals surface area contributed by atoms with Gasteiger partial charge in [0.15, 0.2) is 0 Å². The summed E-state index contributed by atoms with van der Waals surface area (Å²) >= 11 is 0. The normalized spacial score (nSPS) is 21.2. The summed E-state index contributed by atoms with van der Waals surface area (Å²) in [7, 11) is 0. The van der Waals surface area contributed by atoms with Gasteiger partial charge in [0.05, 0.1) is 0 Å². The third-order valence-corrected chi connectivity index (χ3v) is 4.55. The molecule has 1 N–H and O–H groups in total. The van der Waals surface area contributed by atoms with Crippen LogP contribution in [0.5, 0.6) is 0 Å². The van der Waals surface area contributed by atoms with Gasteiger partial charge in [-0.25, -0.2) is 0 Å². The number of ketones is 2. The van der Waals surface area contributed by atoms with Crippen LogP contribution in [0.1, 0.15) is 54.4 Å². The summed E-state index contributed by atoms with van der Waals surface area (Å²) in [5, 5.41) is 10.3. The molecule has 2 aliphatic carbocycles. The number of hydrogen-bond acceptors (Lipinski definition) is 3. The minimum atomic E-state index is -0.546. The minimum Gasteiger partial charge on any atom is -0.507 e. The smallest absolute Gasteiger partial charge is 0.234 e. The van der Waals surface area contributed by atoms with Crippen molar-refractivity contribution >= 4 is 17.3 Å². The van der Waals surface area contributed by atoms with E-state index in [1.807, 2.05) is 0 Å². The van der Waals surface area contributed by atoms with E-state index >= 15 is 0 Å². The van der Waals surface area contributed by atoms with Gasteiger partial charge < -0.3 is 5.11 Å². The lowest BCUT2D eigenvalue weighted by Gasteiger charge is -2.19. The molecule has 0 amide bonds. The predicted molar refractivity (Wildman–Crippen MR) is 85.7 cm³/mol. The van der Waals surface area contributed by atoms with Crippen LogP contribution in [0.15, 0.2) is 42.0 Å². The monoisotopic (exact) mass is 296 g/mol. The van der Waals surface area contributed by atoms with Gasteiger partial charge in [0, 0.05) is 16.7 Å². The van der Waals surface area contributed by atoms with E-state index < -0.39 is 11.6 Å². The van der Waals surface area contributed by atoms with E-state index in [1.54, 1.807) is 24.3 Å². The van der Waals surface area contributed by atoms with E-state index in [4.69, 9.17) is 0 Å². The minimum absolute atomic E-state index is 0.0145. The summed E-state index contributed by atoms with van der Waals surface area (Å²) < 4.78 is 0. The number of aliphatic hydroxyl groups is 1. The van der Waals surface area contributed by atoms with E-state index in [9.17, 15) is 14.7 Å². The summed E-state index contributed by atoms with van der Waals surface area (Å²) in [6.45, 7) is 0. The van der Waals surface area contributed by atoms with Crippen molar-refractivity contribution in [2.24, 2.45) is 5.92 Å². The number of fused-ring (bicyclic) bond motifs is 1. The van der Waals surface area contributed by atoms with Crippen LogP contribution in [-0.2, 0) is 4.79 Å². The van der Waals surface area contributed by atoms with Crippen LogP contribution in [0, 0.1) is 5.92 Å². The van der Waals surface area contributed by atoms with Crippen molar-refractivity contribution in [1.82, 2.24) is 0 Å². The van der Waals surface area contributed by atoms with Gasteiger partial charge in [0.1, 0.15) is 5.76 Å². The highest BCUT2D eigenvalue weighted by molar-refractivity contribution is 6.52. The predicted octanol–water partition coefficient (Wildman–Crippen LogP) is 4.25. The molecule has 22 heavy (non-hydrogen) atoms. The molecule has 1 aromatic carbocycles. The Hall–Kier alpha value is -2.16. The largest absolute Gasteiger partial charge is 0.507 e. The molecular weight excluding hydrogens is 276 g/mol. The highest BCUT2D eigenvalue weighted by Gasteiger charge is 2.32. The molecule has 0 aromatic heterocycles. The molecule has 0 saturated heterocycles. The van der Waals surface area contributed by atoms with Crippen molar-refractivity contribution in [3.8, 4) is 0 Å². The molecule has 1 aromatic rings. The lowest BCUT2D eigenvalue weighted by Crippen LogP contribution is -2.24. The number of benzene rings is 1. The van der Waals surface area contributed by atoms with E-state index in [1.165, 1.54) is 12.8 Å². The molecule has 0 fully saturated rings. The van der Waals surface area contributed by atoms with E-state index in [0.29, 0.717) is 23.5 Å². The molecule has 0 bridgehead atoms. The molecule has 3 rings (SSSR count). The average molecular weight is 296 g/mol. The van der Waals surface area contributed by atoms with Crippen molar-refractivity contribution in [2.75, 3.05) is 0 Å². The summed E-state index contributed by atoms with van der Waals surface area (Å²) in [5.74, 6) is -0.492. The first kappa shape index (κ1) is 14.8. The molecule has 1 atom stereocenters. The lowest BCUT2D eigenvalue weighted by atomic mass is 9.85. The highest BCUT2D eigenvalue weighted by atomic mass is 16.3. The maximum atomic E-state index is 12.2. The molecule has 0 unspecified atom stereocenters. The van der Waals surface area contributed by atoms with Crippen molar-refractivity contribution in [3.63, 3.8) is 0 Å². The SMILES string of the molecule is O=C1C(=O)c2ccccc2C(O)=C1CCC[C@H]1C=CCCC1. The molecule has 0 heterocycles. The molecule has 0 saturated carbocycles. The second-order valence-corrected chi connectivity index (χ2v) is 6.04. The second-order valence-electron chi connectivity index (χ2n) is 6.04. The first-order valence-corrected chi connectivity index (χ1v) is 7.95. The molecule has 0 radical (unpaired) electrons. The van der Waals surface area contributed by atoms with Crippen LogP contribution >= 0.6 is 0 Å². The Morgan fingerprint density at radius 1 is 1.09 bits per heavy atom. The van der Waals surface area contributed by atoms with Crippen molar-refractivity contribution < 1.29 is 14.7 Å². The van der Waals surface area contributed by atoms with Gasteiger partial charge in [-0.1, -0.05) is 36.4 Å². The van der Waals surface area contributed by atoms with Gasteiger partial charge in [0.25, 0.3) is 0 Å². The molecule has 114 valence electrons. The van der Waals surface area contributed by atoms with Crippen LogP contribution in [0.3, 0.4) is 0 Å². The summed E-state index contributed by atoms with van der Waals surface area (Å²) in [6, 6.07) is 6.76. The quantitative estimate of drug-likeness (QED) is 0.667. The Labute approximate surface area is 130 Å². The van der Waals surface area contributed by atoms with E-state index in [2.05, 4.69) is 12.2 Å². The van der Waals surface area contributed by atoms with Gasteiger partial charge in [-0.05, 0) is 44.4 Å². The van der Waals surface area contributed by atoms with Crippen molar-refractivity contribution in [2.45, 2.75) is 38.5 Å². The van der Waals surface area contributed by atoms with Crippen LogP contribution in [-0.4, -0.2) is 16.7 Å². The molecule has 2 aliphatic rings. The molecule has 0 spiro atoms. The van der Waals surface area contributed by atoms with Crippen molar-refractivity contribution in [1.29, 1.82) is 0 Å². The molecular formula is C19H20O3. The molecule has 3 nitrogen and oxygen atoms in total. The van der Waals surface area contributed by atoms with Gasteiger partial charge >= 0.3 is 0 Å². The van der Waals surface area contributed by atoms with Gasteiger partial charge in [-0.2, -0.15) is 0 Å². The van der Waals surface area contributed by atoms with Crippen LogP contribution in [0.2, 0.25) is 0 Å². The standard InChI is InChI=1S/C19H20O3/c20-17-14-10-4-5-11-15(14)18(21)19(22)16(17)12-6-9-13-7-2-1-3-8-13/h2,4-5,7,10-11,13,20H,1,3,6,8-9,12H2/t13-/m0/s1. The fraction of sp³-hybridized carbons (Fsp3) is 0.368. The lowest BCUT2D eigenvalue weighted by molar-refractivity contribution is -0.112. The van der Waals surface area contributed by atoms with Crippen molar-refractivity contribution in [3.05, 3.63) is 53.1 Å². The zero-order valence-corrected chi connectivity index (χ0v) is 12.5. The summed E-state index contributed by atoms with van der Waals surface area (Å²) in [4.78, 5) is 24.3. The number of carbonyl (C=O) groups is 2. The Kier molecular flexibility index (Phi) is 4.23. The summed E-state index contributed by atoms with van der Waals surface area (Å²) in [6.07, 6.45) is 10.3. The maximum Gasteiger partial charge on any atom is 0.234 e. The number of Topliss-reactive ketones (excluding diaryl/α,β-unsaturated/α-hetero) is 2. The first-order chi connectivity index (χ1) is 10.7. The second kappa shape index (κ2) is 6.30. The topological polar surface area (TPSA) is 54.4 Å². The van der Waals surface area contributed by atoms with E-state index in [-0.39, 0.29) is 11.3 Å². The fourth-order valence-electron chi connectivity index (χ4n) is 3.31. The van der Waals surface area contributed by atoms with Gasteiger partial charge in [0.2, 0.25) is 11.6 Å². The van der Waals surface area contributed by atoms with Gasteiger partial charge in [-0.15, -0.1) is 0 Å². The van der Waals surface area contributed by atoms with Crippen LogP contribution in [0.4, 0.5) is 0 Å². The zero-order chi connectivity index (χ0) is 15.5. The Morgan fingerprint density at radius 2 is 1.86 bits per heavy atom. The number of rotatable bonds is 4. The Balaban J connectivity index is 1.74. The third kappa shape index (κ3) is 2.76. The highest BCUT2D eigenvalue weighted by Crippen LogP contribution is 2.31.